The molecule has 2 rings (SSSR count). The minimum atomic E-state index is 0.203. The van der Waals surface area contributed by atoms with Gasteiger partial charge in [0.25, 0.3) is 0 Å². The smallest absolute Gasteiger partial charge is 0.0785 e. The Morgan fingerprint density at radius 2 is 2.29 bits per heavy atom. The lowest BCUT2D eigenvalue weighted by Gasteiger charge is -2.35. The third-order valence-corrected chi connectivity index (χ3v) is 3.05. The molecule has 0 spiro atoms. The SMILES string of the molecule is N#CCC1CN(c2cccc(N)c2N)CCN1. The highest BCUT2D eigenvalue weighted by Crippen LogP contribution is 2.29. The van der Waals surface area contributed by atoms with Gasteiger partial charge >= 0.3 is 0 Å². The normalized spacial score (nSPS) is 19.9. The lowest BCUT2D eigenvalue weighted by Crippen LogP contribution is -2.50. The molecule has 17 heavy (non-hydrogen) atoms. The Hall–Kier alpha value is -1.93. The molecule has 1 atom stereocenters. The number of nitrogens with one attached hydrogen (secondary N) is 1. The Kier molecular flexibility index (Phi) is 3.35. The summed E-state index contributed by atoms with van der Waals surface area (Å²) in [5, 5.41) is 12.0. The van der Waals surface area contributed by atoms with Crippen LogP contribution in [0.3, 0.4) is 0 Å². The minimum Gasteiger partial charge on any atom is -0.397 e. The Morgan fingerprint density at radius 1 is 1.47 bits per heavy atom. The van der Waals surface area contributed by atoms with Crippen LogP contribution in [0, 0.1) is 11.3 Å². The fraction of sp³-hybridized carbons (Fsp3) is 0.417. The molecule has 5 N–H and O–H groups in total. The molecule has 1 aliphatic rings. The standard InChI is InChI=1S/C12H17N5/c13-5-4-9-8-17(7-6-16-9)11-3-1-2-10(14)12(11)15/h1-3,9,16H,4,6-8,14-15H2. The molecule has 5 nitrogen and oxygen atoms in total. The second kappa shape index (κ2) is 4.93. The number of nitriles is 1. The van der Waals surface area contributed by atoms with Crippen molar-refractivity contribution >= 4 is 17.1 Å². The minimum absolute atomic E-state index is 0.203. The second-order valence-electron chi connectivity index (χ2n) is 4.24. The van der Waals surface area contributed by atoms with E-state index in [1.165, 1.54) is 0 Å². The predicted octanol–water partition coefficient (Wildman–Crippen LogP) is 0.543. The van der Waals surface area contributed by atoms with Crippen LogP contribution in [0.1, 0.15) is 6.42 Å². The molecule has 0 radical (unpaired) electrons. The summed E-state index contributed by atoms with van der Waals surface area (Å²) < 4.78 is 0. The van der Waals surface area contributed by atoms with Crippen molar-refractivity contribution in [1.82, 2.24) is 5.32 Å². The van der Waals surface area contributed by atoms with E-state index in [0.29, 0.717) is 17.8 Å². The molecular weight excluding hydrogens is 214 g/mol. The third kappa shape index (κ3) is 2.43. The molecule has 1 unspecified atom stereocenters. The zero-order valence-corrected chi connectivity index (χ0v) is 9.69. The average Bonchev–Trinajstić information content (AvgIpc) is 2.33. The lowest BCUT2D eigenvalue weighted by atomic mass is 10.1. The van der Waals surface area contributed by atoms with Crippen LogP contribution in [0.25, 0.3) is 0 Å². The summed E-state index contributed by atoms with van der Waals surface area (Å²) in [5.74, 6) is 0. The van der Waals surface area contributed by atoms with Crippen LogP contribution in [0.15, 0.2) is 18.2 Å². The Labute approximate surface area is 101 Å². The maximum absolute atomic E-state index is 8.72. The average molecular weight is 231 g/mol. The summed E-state index contributed by atoms with van der Waals surface area (Å²) in [6.45, 7) is 2.54. The topological polar surface area (TPSA) is 91.1 Å². The van der Waals surface area contributed by atoms with Gasteiger partial charge in [-0.3, -0.25) is 0 Å². The van der Waals surface area contributed by atoms with Crippen LogP contribution >= 0.6 is 0 Å². The molecule has 5 heteroatoms. The molecule has 1 fully saturated rings. The molecule has 1 heterocycles. The molecule has 0 bridgehead atoms. The van der Waals surface area contributed by atoms with Gasteiger partial charge in [0.1, 0.15) is 0 Å². The molecule has 90 valence electrons. The van der Waals surface area contributed by atoms with Gasteiger partial charge in [-0.2, -0.15) is 5.26 Å². The summed E-state index contributed by atoms with van der Waals surface area (Å²) in [4.78, 5) is 2.18. The van der Waals surface area contributed by atoms with Crippen LogP contribution in [0.4, 0.5) is 17.1 Å². The van der Waals surface area contributed by atoms with E-state index in [1.54, 1.807) is 6.07 Å². The fourth-order valence-corrected chi connectivity index (χ4v) is 2.14. The summed E-state index contributed by atoms with van der Waals surface area (Å²) in [5.41, 5.74) is 14.0. The first-order valence-corrected chi connectivity index (χ1v) is 5.71. The van der Waals surface area contributed by atoms with Crippen molar-refractivity contribution in [1.29, 1.82) is 5.26 Å². The maximum atomic E-state index is 8.72. The number of piperazine rings is 1. The van der Waals surface area contributed by atoms with Gasteiger partial charge in [-0.1, -0.05) is 6.07 Å². The van der Waals surface area contributed by atoms with Gasteiger partial charge < -0.3 is 21.7 Å². The van der Waals surface area contributed by atoms with Crippen LogP contribution in [-0.4, -0.2) is 25.7 Å². The molecular formula is C12H17N5. The van der Waals surface area contributed by atoms with Crippen molar-refractivity contribution in [2.24, 2.45) is 0 Å². The van der Waals surface area contributed by atoms with Gasteiger partial charge in [-0.05, 0) is 12.1 Å². The molecule has 1 aromatic rings. The van der Waals surface area contributed by atoms with E-state index < -0.39 is 0 Å². The van der Waals surface area contributed by atoms with Crippen molar-refractivity contribution in [3.05, 3.63) is 18.2 Å². The van der Waals surface area contributed by atoms with Crippen molar-refractivity contribution in [3.63, 3.8) is 0 Å². The molecule has 1 aliphatic heterocycles. The number of nitrogen functional groups attached to an aromatic ring is 2. The van der Waals surface area contributed by atoms with Crippen LogP contribution in [-0.2, 0) is 0 Å². The van der Waals surface area contributed by atoms with Crippen molar-refractivity contribution in [2.75, 3.05) is 36.0 Å². The first kappa shape index (κ1) is 11.6. The lowest BCUT2D eigenvalue weighted by molar-refractivity contribution is 0.463. The van der Waals surface area contributed by atoms with E-state index in [9.17, 15) is 0 Å². The first-order valence-electron chi connectivity index (χ1n) is 5.71. The Bertz CT molecular complexity index is 437. The van der Waals surface area contributed by atoms with Crippen LogP contribution in [0.5, 0.6) is 0 Å². The number of rotatable bonds is 2. The number of nitrogens with zero attached hydrogens (tertiary/aromatic N) is 2. The highest BCUT2D eigenvalue weighted by atomic mass is 15.2. The van der Waals surface area contributed by atoms with Gasteiger partial charge in [0, 0.05) is 25.7 Å². The van der Waals surface area contributed by atoms with Crippen molar-refractivity contribution < 1.29 is 0 Å². The highest BCUT2D eigenvalue weighted by Gasteiger charge is 2.20. The number of para-hydroxylation sites is 1. The molecule has 0 aliphatic carbocycles. The van der Waals surface area contributed by atoms with E-state index in [2.05, 4.69) is 16.3 Å². The summed E-state index contributed by atoms with van der Waals surface area (Å²) in [6, 6.07) is 8.07. The molecule has 0 saturated carbocycles. The van der Waals surface area contributed by atoms with Gasteiger partial charge in [0.2, 0.25) is 0 Å². The number of benzene rings is 1. The first-order chi connectivity index (χ1) is 8.22. The zero-order chi connectivity index (χ0) is 12.3. The molecule has 1 saturated heterocycles. The Balaban J connectivity index is 2.17. The van der Waals surface area contributed by atoms with Crippen LogP contribution in [0.2, 0.25) is 0 Å². The quantitative estimate of drug-likeness (QED) is 0.646. The maximum Gasteiger partial charge on any atom is 0.0785 e. The second-order valence-corrected chi connectivity index (χ2v) is 4.24. The number of nitrogens with two attached hydrogens (primary N) is 2. The number of hydrogen-bond donors (Lipinski definition) is 3. The van der Waals surface area contributed by atoms with E-state index in [1.807, 2.05) is 12.1 Å². The van der Waals surface area contributed by atoms with E-state index in [4.69, 9.17) is 16.7 Å². The van der Waals surface area contributed by atoms with Crippen LogP contribution < -0.4 is 21.7 Å². The fourth-order valence-electron chi connectivity index (χ4n) is 2.14. The summed E-state index contributed by atoms with van der Waals surface area (Å²) >= 11 is 0. The van der Waals surface area contributed by atoms with Crippen molar-refractivity contribution in [2.45, 2.75) is 12.5 Å². The largest absolute Gasteiger partial charge is 0.397 e. The number of hydrogen-bond acceptors (Lipinski definition) is 5. The van der Waals surface area contributed by atoms with E-state index >= 15 is 0 Å². The third-order valence-electron chi connectivity index (χ3n) is 3.05. The van der Waals surface area contributed by atoms with Gasteiger partial charge in [0.05, 0.1) is 29.6 Å². The highest BCUT2D eigenvalue weighted by molar-refractivity contribution is 5.79. The monoisotopic (exact) mass is 231 g/mol. The van der Waals surface area contributed by atoms with Gasteiger partial charge in [0.15, 0.2) is 0 Å². The van der Waals surface area contributed by atoms with Gasteiger partial charge in [-0.25, -0.2) is 0 Å². The molecule has 0 amide bonds. The number of anilines is 3. The predicted molar refractivity (Wildman–Crippen MR) is 69.5 cm³/mol. The molecule has 1 aromatic carbocycles. The Morgan fingerprint density at radius 3 is 3.06 bits per heavy atom. The molecule has 0 aromatic heterocycles. The van der Waals surface area contributed by atoms with Gasteiger partial charge in [-0.15, -0.1) is 0 Å². The van der Waals surface area contributed by atoms with E-state index in [0.717, 1.165) is 25.3 Å². The van der Waals surface area contributed by atoms with E-state index in [-0.39, 0.29) is 6.04 Å². The zero-order valence-electron chi connectivity index (χ0n) is 9.69. The summed E-state index contributed by atoms with van der Waals surface area (Å²) in [6.07, 6.45) is 0.513. The van der Waals surface area contributed by atoms with Crippen molar-refractivity contribution in [3.8, 4) is 6.07 Å². The summed E-state index contributed by atoms with van der Waals surface area (Å²) in [7, 11) is 0.